The number of methoxy groups -OCH3 is 3. The van der Waals surface area contributed by atoms with Crippen LogP contribution in [-0.4, -0.2) is 39.5 Å². The molecule has 3 aromatic carbocycles. The minimum atomic E-state index is -4.58. The van der Waals surface area contributed by atoms with E-state index < -0.39 is 15.8 Å². The van der Waals surface area contributed by atoms with Crippen molar-refractivity contribution in [2.45, 2.75) is 64.2 Å². The highest BCUT2D eigenvalue weighted by molar-refractivity contribution is 7.90. The maximum absolute atomic E-state index is 15.2. The zero-order valence-electron chi connectivity index (χ0n) is 27.8. The topological polar surface area (TPSA) is 134 Å². The van der Waals surface area contributed by atoms with Crippen LogP contribution in [0.25, 0.3) is 11.1 Å². The molecule has 242 valence electrons. The number of carbonyl (C=O) groups excluding carboxylic acids is 1. The van der Waals surface area contributed by atoms with E-state index in [-0.39, 0.29) is 73.7 Å². The minimum Gasteiger partial charge on any atom is -0.493 e. The Bertz CT molecular complexity index is 1880. The van der Waals surface area contributed by atoms with Gasteiger partial charge in [0.2, 0.25) is 11.5 Å². The zero-order chi connectivity index (χ0) is 34.1. The smallest absolute Gasteiger partial charge is 0.270 e. The van der Waals surface area contributed by atoms with Crippen LogP contribution in [0.4, 0.5) is 5.82 Å². The molecule has 0 aliphatic carbocycles. The highest BCUT2D eigenvalue weighted by Gasteiger charge is 2.38. The molecule has 0 aliphatic heterocycles. The molecule has 46 heavy (non-hydrogen) atoms. The van der Waals surface area contributed by atoms with E-state index in [4.69, 9.17) is 19.9 Å². The van der Waals surface area contributed by atoms with Crippen LogP contribution in [0.5, 0.6) is 17.2 Å². The molecule has 0 spiro atoms. The fourth-order valence-electron chi connectivity index (χ4n) is 5.65. The number of ketones is 1. The van der Waals surface area contributed by atoms with Gasteiger partial charge in [0.25, 0.3) is 10.0 Å². The van der Waals surface area contributed by atoms with Gasteiger partial charge in [-0.15, -0.1) is 0 Å². The van der Waals surface area contributed by atoms with Crippen molar-refractivity contribution in [2.75, 3.05) is 27.1 Å². The van der Waals surface area contributed by atoms with Crippen LogP contribution in [0.1, 0.15) is 97.6 Å². The van der Waals surface area contributed by atoms with E-state index >= 15 is 8.42 Å². The number of anilines is 1. The number of rotatable bonds is 11. The lowest BCUT2D eigenvalue weighted by Gasteiger charge is -2.24. The molecule has 0 aliphatic rings. The molecule has 4 aromatic rings. The Hall–Kier alpha value is -4.75. The summed E-state index contributed by atoms with van der Waals surface area (Å²) in [5.74, 6) is -0.429. The SMILES string of the molecule is COc1cc(-c2c(C#N)c(N)n(S(=O)(=O)c3c(C(C)C)cc(C(C)C)cc3C(C)C)c2C(=O)c2ccccc2)cc(OC)c1OC. The number of ether oxygens (including phenoxy) is 3. The summed E-state index contributed by atoms with van der Waals surface area (Å²) in [7, 11) is -0.248. The third kappa shape index (κ3) is 5.83. The first kappa shape index (κ1) is 34.1. The van der Waals surface area contributed by atoms with Crippen molar-refractivity contribution >= 4 is 21.6 Å². The number of nitrogens with zero attached hydrogens (tertiary/aromatic N) is 2. The molecular formula is C36H41N3O6S. The van der Waals surface area contributed by atoms with Gasteiger partial charge in [-0.1, -0.05) is 84.0 Å². The van der Waals surface area contributed by atoms with Crippen molar-refractivity contribution < 1.29 is 27.4 Å². The molecule has 0 unspecified atom stereocenters. The number of benzene rings is 3. The zero-order valence-corrected chi connectivity index (χ0v) is 28.6. The Labute approximate surface area is 271 Å². The number of carbonyl (C=O) groups is 1. The van der Waals surface area contributed by atoms with E-state index in [1.54, 1.807) is 42.5 Å². The highest BCUT2D eigenvalue weighted by Crippen LogP contribution is 2.46. The minimum absolute atomic E-state index is 0.0349. The summed E-state index contributed by atoms with van der Waals surface area (Å²) in [6.45, 7) is 11.8. The quantitative estimate of drug-likeness (QED) is 0.166. The summed E-state index contributed by atoms with van der Waals surface area (Å²) in [6.07, 6.45) is 0. The molecule has 0 saturated heterocycles. The second-order valence-corrected chi connectivity index (χ2v) is 13.7. The average molecular weight is 644 g/mol. The van der Waals surface area contributed by atoms with Crippen molar-refractivity contribution in [3.05, 3.63) is 88.1 Å². The van der Waals surface area contributed by atoms with Crippen molar-refractivity contribution in [3.8, 4) is 34.4 Å². The second kappa shape index (κ2) is 13.3. The fraction of sp³-hybridized carbons (Fsp3) is 0.333. The van der Waals surface area contributed by atoms with Gasteiger partial charge in [-0.05, 0) is 52.1 Å². The van der Waals surface area contributed by atoms with E-state index in [1.165, 1.54) is 21.3 Å². The summed E-state index contributed by atoms with van der Waals surface area (Å²) in [6, 6.07) is 17.3. The fourth-order valence-corrected chi connectivity index (χ4v) is 7.78. The molecule has 10 heteroatoms. The Morgan fingerprint density at radius 1 is 0.826 bits per heavy atom. The first-order valence-electron chi connectivity index (χ1n) is 15.0. The van der Waals surface area contributed by atoms with Crippen LogP contribution in [-0.2, 0) is 10.0 Å². The number of nitrogen functional groups attached to an aromatic ring is 1. The average Bonchev–Trinajstić information content (AvgIpc) is 3.35. The van der Waals surface area contributed by atoms with Crippen molar-refractivity contribution in [1.29, 1.82) is 5.26 Å². The number of hydrogen-bond donors (Lipinski definition) is 1. The first-order chi connectivity index (χ1) is 21.7. The molecule has 0 radical (unpaired) electrons. The number of hydrogen-bond acceptors (Lipinski definition) is 8. The molecule has 9 nitrogen and oxygen atoms in total. The predicted molar refractivity (Wildman–Crippen MR) is 180 cm³/mol. The lowest BCUT2D eigenvalue weighted by atomic mass is 9.89. The van der Waals surface area contributed by atoms with Crippen LogP contribution in [0.3, 0.4) is 0 Å². The van der Waals surface area contributed by atoms with Gasteiger partial charge in [0, 0.05) is 11.1 Å². The van der Waals surface area contributed by atoms with Crippen LogP contribution in [0, 0.1) is 11.3 Å². The molecule has 4 rings (SSSR count). The van der Waals surface area contributed by atoms with E-state index in [0.29, 0.717) is 11.1 Å². The molecule has 1 aromatic heterocycles. The van der Waals surface area contributed by atoms with Gasteiger partial charge < -0.3 is 19.9 Å². The van der Waals surface area contributed by atoms with Crippen molar-refractivity contribution in [3.63, 3.8) is 0 Å². The van der Waals surface area contributed by atoms with E-state index in [1.807, 2.05) is 39.8 Å². The van der Waals surface area contributed by atoms with E-state index in [2.05, 4.69) is 19.9 Å². The molecule has 2 N–H and O–H groups in total. The Kier molecular flexibility index (Phi) is 9.88. The van der Waals surface area contributed by atoms with Crippen LogP contribution in [0.2, 0.25) is 0 Å². The maximum Gasteiger partial charge on any atom is 0.270 e. The molecule has 1 heterocycles. The van der Waals surface area contributed by atoms with Gasteiger partial charge in [0.15, 0.2) is 11.5 Å². The number of nitrogens with two attached hydrogens (primary N) is 1. The first-order valence-corrected chi connectivity index (χ1v) is 16.5. The largest absolute Gasteiger partial charge is 0.493 e. The lowest BCUT2D eigenvalue weighted by molar-refractivity contribution is 0.103. The summed E-state index contributed by atoms with van der Waals surface area (Å²) in [5.41, 5.74) is 8.95. The third-order valence-corrected chi connectivity index (χ3v) is 9.91. The van der Waals surface area contributed by atoms with Gasteiger partial charge in [0.05, 0.1) is 26.2 Å². The Morgan fingerprint density at radius 2 is 1.35 bits per heavy atom. The van der Waals surface area contributed by atoms with Gasteiger partial charge in [-0.3, -0.25) is 4.79 Å². The Balaban J connectivity index is 2.25. The summed E-state index contributed by atoms with van der Waals surface area (Å²) < 4.78 is 47.8. The highest BCUT2D eigenvalue weighted by atomic mass is 32.2. The summed E-state index contributed by atoms with van der Waals surface area (Å²) >= 11 is 0. The normalized spacial score (nSPS) is 11.6. The van der Waals surface area contributed by atoms with Crippen LogP contribution < -0.4 is 19.9 Å². The van der Waals surface area contributed by atoms with Gasteiger partial charge in [-0.2, -0.15) is 5.26 Å². The third-order valence-electron chi connectivity index (χ3n) is 8.06. The molecule has 0 atom stereocenters. The van der Waals surface area contributed by atoms with Crippen LogP contribution >= 0.6 is 0 Å². The standard InChI is InChI=1S/C36H41N3O6S/c1-20(2)24-15-26(21(3)4)35(27(16-24)22(5)6)46(41,42)39-32(33(40)23-13-11-10-12-14-23)31(28(19-37)36(39)38)25-17-29(43-7)34(45-9)30(18-25)44-8/h10-18,20-22H,38H2,1-9H3. The second-order valence-electron chi connectivity index (χ2n) is 12.0. The van der Waals surface area contributed by atoms with Crippen molar-refractivity contribution in [2.24, 2.45) is 0 Å². The van der Waals surface area contributed by atoms with Crippen molar-refractivity contribution in [1.82, 2.24) is 3.97 Å². The molecule has 0 fully saturated rings. The van der Waals surface area contributed by atoms with E-state index in [9.17, 15) is 10.1 Å². The summed E-state index contributed by atoms with van der Waals surface area (Å²) in [4.78, 5) is 14.6. The predicted octanol–water partition coefficient (Wildman–Crippen LogP) is 7.47. The molecule has 0 amide bonds. The Morgan fingerprint density at radius 3 is 1.76 bits per heavy atom. The lowest BCUT2D eigenvalue weighted by Crippen LogP contribution is -2.24. The molecule has 0 saturated carbocycles. The van der Waals surface area contributed by atoms with E-state index in [0.717, 1.165) is 9.54 Å². The van der Waals surface area contributed by atoms with Gasteiger partial charge >= 0.3 is 0 Å². The number of aromatic nitrogens is 1. The molecule has 0 bridgehead atoms. The summed E-state index contributed by atoms with van der Waals surface area (Å²) in [5, 5.41) is 10.5. The monoisotopic (exact) mass is 643 g/mol. The van der Waals surface area contributed by atoms with Crippen LogP contribution in [0.15, 0.2) is 59.5 Å². The maximum atomic E-state index is 15.2. The van der Waals surface area contributed by atoms with Gasteiger partial charge in [0.1, 0.15) is 23.1 Å². The van der Waals surface area contributed by atoms with Gasteiger partial charge in [-0.25, -0.2) is 12.4 Å². The molecular weight excluding hydrogens is 602 g/mol. The number of nitriles is 1.